The number of hydrogen-bond acceptors (Lipinski definition) is 2. The van der Waals surface area contributed by atoms with Crippen LogP contribution < -0.4 is 0 Å². The van der Waals surface area contributed by atoms with E-state index in [0.717, 1.165) is 6.42 Å². The van der Waals surface area contributed by atoms with Crippen molar-refractivity contribution in [2.24, 2.45) is 0 Å². The van der Waals surface area contributed by atoms with Gasteiger partial charge in [-0.25, -0.2) is 0 Å². The van der Waals surface area contributed by atoms with E-state index in [9.17, 15) is 4.79 Å². The smallest absolute Gasteiger partial charge is 0.308 e. The molecule has 0 spiro atoms. The molecule has 0 aliphatic rings. The fraction of sp³-hybridized carbons (Fsp3) is 0.562. The summed E-state index contributed by atoms with van der Waals surface area (Å²) in [6, 6.07) is 0. The lowest BCUT2D eigenvalue weighted by Gasteiger charge is -1.99. The standard InChI is InChI=1S/C16H26O2/c1-4-6-7-8-9-10-11-12-13-14-16(5-2)18-15(3)17/h5,12-14H,2,4,6-11H2,1,3H3. The number of unbranched alkanes of at least 4 members (excludes halogenated alkanes) is 6. The molecule has 0 aliphatic carbocycles. The van der Waals surface area contributed by atoms with Gasteiger partial charge in [-0.15, -0.1) is 0 Å². The van der Waals surface area contributed by atoms with E-state index in [1.165, 1.54) is 51.5 Å². The van der Waals surface area contributed by atoms with Crippen LogP contribution in [-0.2, 0) is 9.53 Å². The van der Waals surface area contributed by atoms with Crippen LogP contribution in [0.5, 0.6) is 0 Å². The zero-order chi connectivity index (χ0) is 13.6. The highest BCUT2D eigenvalue weighted by Gasteiger charge is 1.94. The number of hydrogen-bond donors (Lipinski definition) is 0. The average Bonchev–Trinajstić information content (AvgIpc) is 2.35. The first-order valence-electron chi connectivity index (χ1n) is 6.88. The Kier molecular flexibility index (Phi) is 11.3. The first-order chi connectivity index (χ1) is 8.70. The number of allylic oxidation sites excluding steroid dienone is 4. The summed E-state index contributed by atoms with van der Waals surface area (Å²) in [7, 11) is 0. The number of carbonyl (C=O) groups is 1. The molecule has 102 valence electrons. The third-order valence-corrected chi connectivity index (χ3v) is 2.58. The lowest BCUT2D eigenvalue weighted by atomic mass is 10.1. The topological polar surface area (TPSA) is 26.3 Å². The van der Waals surface area contributed by atoms with Gasteiger partial charge in [0.25, 0.3) is 0 Å². The van der Waals surface area contributed by atoms with Crippen LogP contribution in [0.15, 0.2) is 36.6 Å². The van der Waals surface area contributed by atoms with Gasteiger partial charge in [-0.3, -0.25) is 4.79 Å². The average molecular weight is 250 g/mol. The quantitative estimate of drug-likeness (QED) is 0.238. The Bertz CT molecular complexity index is 287. The molecule has 0 aromatic rings. The SMILES string of the molecule is C=CC(=CC=CCCCCCCCC)OC(C)=O. The fourth-order valence-corrected chi connectivity index (χ4v) is 1.61. The van der Waals surface area contributed by atoms with Crippen molar-refractivity contribution in [3.05, 3.63) is 36.6 Å². The third-order valence-electron chi connectivity index (χ3n) is 2.58. The van der Waals surface area contributed by atoms with E-state index in [0.29, 0.717) is 5.76 Å². The Balaban J connectivity index is 3.65. The summed E-state index contributed by atoms with van der Waals surface area (Å²) in [5, 5.41) is 0. The summed E-state index contributed by atoms with van der Waals surface area (Å²) in [5.74, 6) is 0.187. The second-order valence-corrected chi connectivity index (χ2v) is 4.35. The summed E-state index contributed by atoms with van der Waals surface area (Å²) >= 11 is 0. The Morgan fingerprint density at radius 1 is 1.17 bits per heavy atom. The molecule has 0 aliphatic heterocycles. The highest BCUT2D eigenvalue weighted by molar-refractivity contribution is 5.67. The van der Waals surface area contributed by atoms with E-state index in [-0.39, 0.29) is 5.97 Å². The summed E-state index contributed by atoms with van der Waals surface area (Å²) in [6.45, 7) is 7.21. The van der Waals surface area contributed by atoms with E-state index in [1.54, 1.807) is 6.08 Å². The summed E-state index contributed by atoms with van der Waals surface area (Å²) in [5.41, 5.74) is 0. The van der Waals surface area contributed by atoms with E-state index in [2.05, 4.69) is 19.6 Å². The van der Waals surface area contributed by atoms with Crippen molar-refractivity contribution in [2.75, 3.05) is 0 Å². The maximum Gasteiger partial charge on any atom is 0.308 e. The van der Waals surface area contributed by atoms with Gasteiger partial charge in [0.05, 0.1) is 0 Å². The maximum absolute atomic E-state index is 10.7. The van der Waals surface area contributed by atoms with E-state index in [4.69, 9.17) is 4.74 Å². The van der Waals surface area contributed by atoms with E-state index in [1.807, 2.05) is 6.08 Å². The van der Waals surface area contributed by atoms with Gasteiger partial charge in [0.1, 0.15) is 5.76 Å². The Morgan fingerprint density at radius 2 is 1.83 bits per heavy atom. The van der Waals surface area contributed by atoms with Crippen molar-refractivity contribution in [3.63, 3.8) is 0 Å². The molecule has 0 aromatic carbocycles. The van der Waals surface area contributed by atoms with Crippen molar-refractivity contribution >= 4 is 5.97 Å². The first kappa shape index (κ1) is 16.7. The molecule has 0 saturated heterocycles. The van der Waals surface area contributed by atoms with Crippen molar-refractivity contribution in [3.8, 4) is 0 Å². The predicted octanol–water partition coefficient (Wildman–Crippen LogP) is 4.93. The van der Waals surface area contributed by atoms with Crippen LogP contribution in [0.25, 0.3) is 0 Å². The molecule has 0 N–H and O–H groups in total. The molecular formula is C16H26O2. The van der Waals surface area contributed by atoms with Crippen LogP contribution in [0.2, 0.25) is 0 Å². The molecule has 0 saturated carbocycles. The van der Waals surface area contributed by atoms with Crippen LogP contribution >= 0.6 is 0 Å². The van der Waals surface area contributed by atoms with Gasteiger partial charge < -0.3 is 4.74 Å². The molecule has 0 rings (SSSR count). The van der Waals surface area contributed by atoms with Crippen LogP contribution in [-0.4, -0.2) is 5.97 Å². The van der Waals surface area contributed by atoms with E-state index < -0.39 is 0 Å². The fourth-order valence-electron chi connectivity index (χ4n) is 1.61. The highest BCUT2D eigenvalue weighted by atomic mass is 16.5. The molecular weight excluding hydrogens is 224 g/mol. The molecule has 0 bridgehead atoms. The van der Waals surface area contributed by atoms with Crippen LogP contribution in [0.3, 0.4) is 0 Å². The molecule has 18 heavy (non-hydrogen) atoms. The zero-order valence-corrected chi connectivity index (χ0v) is 11.8. The molecule has 0 fully saturated rings. The number of carbonyl (C=O) groups excluding carboxylic acids is 1. The second-order valence-electron chi connectivity index (χ2n) is 4.35. The summed E-state index contributed by atoms with van der Waals surface area (Å²) in [6.07, 6.45) is 16.3. The van der Waals surface area contributed by atoms with Gasteiger partial charge in [-0.2, -0.15) is 0 Å². The monoisotopic (exact) mass is 250 g/mol. The predicted molar refractivity (Wildman–Crippen MR) is 77.2 cm³/mol. The van der Waals surface area contributed by atoms with E-state index >= 15 is 0 Å². The number of rotatable bonds is 10. The minimum Gasteiger partial charge on any atom is -0.427 e. The lowest BCUT2D eigenvalue weighted by molar-refractivity contribution is -0.136. The minimum atomic E-state index is -0.314. The molecule has 0 radical (unpaired) electrons. The Morgan fingerprint density at radius 3 is 2.44 bits per heavy atom. The summed E-state index contributed by atoms with van der Waals surface area (Å²) in [4.78, 5) is 10.7. The van der Waals surface area contributed by atoms with Gasteiger partial charge in [-0.1, -0.05) is 57.8 Å². The molecule has 0 unspecified atom stereocenters. The second kappa shape index (κ2) is 12.2. The van der Waals surface area contributed by atoms with Gasteiger partial charge >= 0.3 is 5.97 Å². The Hall–Kier alpha value is -1.31. The normalized spacial score (nSPS) is 11.8. The minimum absolute atomic E-state index is 0.314. The molecule has 0 atom stereocenters. The number of ether oxygens (including phenoxy) is 1. The summed E-state index contributed by atoms with van der Waals surface area (Å²) < 4.78 is 4.92. The molecule has 0 amide bonds. The number of esters is 1. The van der Waals surface area contributed by atoms with Crippen LogP contribution in [0.1, 0.15) is 58.8 Å². The molecule has 2 nitrogen and oxygen atoms in total. The van der Waals surface area contributed by atoms with Crippen LogP contribution in [0, 0.1) is 0 Å². The van der Waals surface area contributed by atoms with Crippen molar-refractivity contribution in [2.45, 2.75) is 58.8 Å². The molecule has 0 aromatic heterocycles. The van der Waals surface area contributed by atoms with Crippen molar-refractivity contribution < 1.29 is 9.53 Å². The van der Waals surface area contributed by atoms with Crippen molar-refractivity contribution in [1.82, 2.24) is 0 Å². The van der Waals surface area contributed by atoms with Gasteiger partial charge in [-0.05, 0) is 25.0 Å². The lowest BCUT2D eigenvalue weighted by Crippen LogP contribution is -1.95. The largest absolute Gasteiger partial charge is 0.427 e. The maximum atomic E-state index is 10.7. The van der Waals surface area contributed by atoms with Gasteiger partial charge in [0.15, 0.2) is 0 Å². The van der Waals surface area contributed by atoms with Crippen molar-refractivity contribution in [1.29, 1.82) is 0 Å². The molecule has 0 heterocycles. The Labute approximate surface area is 111 Å². The molecule has 2 heteroatoms. The third kappa shape index (κ3) is 11.2. The van der Waals surface area contributed by atoms with Crippen LogP contribution in [0.4, 0.5) is 0 Å². The zero-order valence-electron chi connectivity index (χ0n) is 11.8. The first-order valence-corrected chi connectivity index (χ1v) is 6.88. The highest BCUT2D eigenvalue weighted by Crippen LogP contribution is 2.07. The van der Waals surface area contributed by atoms with Gasteiger partial charge in [0, 0.05) is 6.92 Å². The van der Waals surface area contributed by atoms with Gasteiger partial charge in [0.2, 0.25) is 0 Å².